The van der Waals surface area contributed by atoms with E-state index in [1.807, 2.05) is 23.1 Å². The van der Waals surface area contributed by atoms with Crippen LogP contribution < -0.4 is 5.73 Å². The summed E-state index contributed by atoms with van der Waals surface area (Å²) in [4.78, 5) is 18.8. The molecule has 0 aliphatic carbocycles. The second kappa shape index (κ2) is 5.65. The van der Waals surface area contributed by atoms with Crippen molar-refractivity contribution in [2.24, 2.45) is 11.7 Å². The largest absolute Gasteiger partial charge is 0.338 e. The van der Waals surface area contributed by atoms with Gasteiger partial charge in [0.05, 0.1) is 11.1 Å². The highest BCUT2D eigenvalue weighted by molar-refractivity contribution is 6.00. The number of carbonyl (C=O) groups excluding carboxylic acids is 1. The first-order valence-electron chi connectivity index (χ1n) is 7.08. The molecule has 0 saturated carbocycles. The zero-order valence-corrected chi connectivity index (χ0v) is 12.0. The Hall–Kier alpha value is -2.21. The van der Waals surface area contributed by atoms with Gasteiger partial charge in [-0.2, -0.15) is 4.98 Å². The summed E-state index contributed by atoms with van der Waals surface area (Å²) < 4.78 is 5.19. The first kappa shape index (κ1) is 13.8. The number of amides is 1. The molecule has 2 heterocycles. The van der Waals surface area contributed by atoms with Crippen molar-refractivity contribution < 1.29 is 9.32 Å². The number of hydrogen-bond acceptors (Lipinski definition) is 5. The molecule has 110 valence electrons. The number of nitrogens with zero attached hydrogens (tertiary/aromatic N) is 3. The molecule has 1 aromatic carbocycles. The van der Waals surface area contributed by atoms with Gasteiger partial charge < -0.3 is 15.2 Å². The maximum atomic E-state index is 12.7. The lowest BCUT2D eigenvalue weighted by molar-refractivity contribution is 0.0788. The monoisotopic (exact) mass is 286 g/mol. The summed E-state index contributed by atoms with van der Waals surface area (Å²) in [6.07, 6.45) is 0.962. The third-order valence-electron chi connectivity index (χ3n) is 3.82. The number of aryl methyl sites for hydroxylation is 1. The lowest BCUT2D eigenvalue weighted by Gasteiger charge is -2.17. The standard InChI is InChI=1S/C15H18N4O2/c1-10-17-14(21-18-10)12-4-2-3-5-13(12)15(20)19-7-6-11(8-16)9-19/h2-5,11H,6-9,16H2,1H3. The Kier molecular flexibility index (Phi) is 3.70. The summed E-state index contributed by atoms with van der Waals surface area (Å²) in [6.45, 7) is 3.84. The van der Waals surface area contributed by atoms with E-state index >= 15 is 0 Å². The fourth-order valence-corrected chi connectivity index (χ4v) is 2.64. The van der Waals surface area contributed by atoms with Crippen LogP contribution in [-0.2, 0) is 0 Å². The number of aromatic nitrogens is 2. The van der Waals surface area contributed by atoms with E-state index in [2.05, 4.69) is 10.1 Å². The summed E-state index contributed by atoms with van der Waals surface area (Å²) in [5.41, 5.74) is 6.96. The van der Waals surface area contributed by atoms with Gasteiger partial charge in [-0.15, -0.1) is 0 Å². The van der Waals surface area contributed by atoms with Gasteiger partial charge in [0, 0.05) is 13.1 Å². The van der Waals surface area contributed by atoms with Crippen LogP contribution in [0.3, 0.4) is 0 Å². The van der Waals surface area contributed by atoms with Crippen LogP contribution in [-0.4, -0.2) is 40.6 Å². The molecular formula is C15H18N4O2. The van der Waals surface area contributed by atoms with Gasteiger partial charge in [0.25, 0.3) is 11.8 Å². The van der Waals surface area contributed by atoms with Gasteiger partial charge in [-0.25, -0.2) is 0 Å². The summed E-state index contributed by atoms with van der Waals surface area (Å²) in [5.74, 6) is 1.33. The van der Waals surface area contributed by atoms with Gasteiger partial charge in [0.15, 0.2) is 5.82 Å². The van der Waals surface area contributed by atoms with E-state index in [4.69, 9.17) is 10.3 Å². The molecule has 2 N–H and O–H groups in total. The molecular weight excluding hydrogens is 268 g/mol. The summed E-state index contributed by atoms with van der Waals surface area (Å²) in [7, 11) is 0. The lowest BCUT2D eigenvalue weighted by Crippen LogP contribution is -2.30. The molecule has 0 radical (unpaired) electrons. The maximum Gasteiger partial charge on any atom is 0.258 e. The van der Waals surface area contributed by atoms with Crippen molar-refractivity contribution in [2.75, 3.05) is 19.6 Å². The van der Waals surface area contributed by atoms with Gasteiger partial charge in [-0.1, -0.05) is 17.3 Å². The molecule has 1 amide bonds. The Morgan fingerprint density at radius 1 is 1.48 bits per heavy atom. The summed E-state index contributed by atoms with van der Waals surface area (Å²) >= 11 is 0. The predicted molar refractivity (Wildman–Crippen MR) is 77.5 cm³/mol. The molecule has 1 fully saturated rings. The number of rotatable bonds is 3. The van der Waals surface area contributed by atoms with Crippen LogP contribution in [0.15, 0.2) is 28.8 Å². The van der Waals surface area contributed by atoms with E-state index in [-0.39, 0.29) is 5.91 Å². The van der Waals surface area contributed by atoms with Crippen molar-refractivity contribution in [3.63, 3.8) is 0 Å². The molecule has 1 aromatic heterocycles. The van der Waals surface area contributed by atoms with Crippen molar-refractivity contribution in [1.82, 2.24) is 15.0 Å². The molecule has 0 spiro atoms. The zero-order chi connectivity index (χ0) is 14.8. The fraction of sp³-hybridized carbons (Fsp3) is 0.400. The number of likely N-dealkylation sites (tertiary alicyclic amines) is 1. The topological polar surface area (TPSA) is 85.2 Å². The molecule has 0 bridgehead atoms. The molecule has 1 unspecified atom stereocenters. The lowest BCUT2D eigenvalue weighted by atomic mass is 10.1. The molecule has 1 atom stereocenters. The van der Waals surface area contributed by atoms with Crippen LogP contribution >= 0.6 is 0 Å². The smallest absolute Gasteiger partial charge is 0.258 e. The SMILES string of the molecule is Cc1noc(-c2ccccc2C(=O)N2CCC(CN)C2)n1. The van der Waals surface area contributed by atoms with Crippen LogP contribution in [0.4, 0.5) is 0 Å². The zero-order valence-electron chi connectivity index (χ0n) is 12.0. The van der Waals surface area contributed by atoms with E-state index < -0.39 is 0 Å². The van der Waals surface area contributed by atoms with E-state index in [0.29, 0.717) is 41.8 Å². The van der Waals surface area contributed by atoms with Crippen LogP contribution in [0.2, 0.25) is 0 Å². The van der Waals surface area contributed by atoms with E-state index in [9.17, 15) is 4.79 Å². The van der Waals surface area contributed by atoms with Crippen molar-refractivity contribution in [3.8, 4) is 11.5 Å². The summed E-state index contributed by atoms with van der Waals surface area (Å²) in [5, 5.41) is 3.79. The van der Waals surface area contributed by atoms with E-state index in [1.165, 1.54) is 0 Å². The minimum Gasteiger partial charge on any atom is -0.338 e. The molecule has 1 aliphatic rings. The molecule has 1 aliphatic heterocycles. The van der Waals surface area contributed by atoms with Crippen LogP contribution in [0.25, 0.3) is 11.5 Å². The third-order valence-corrected chi connectivity index (χ3v) is 3.82. The average molecular weight is 286 g/mol. The minimum atomic E-state index is -0.00240. The van der Waals surface area contributed by atoms with Crippen molar-refractivity contribution in [3.05, 3.63) is 35.7 Å². The Balaban J connectivity index is 1.90. The van der Waals surface area contributed by atoms with E-state index in [0.717, 1.165) is 13.0 Å². The quantitative estimate of drug-likeness (QED) is 0.923. The Labute approximate surface area is 122 Å². The van der Waals surface area contributed by atoms with Crippen LogP contribution in [0, 0.1) is 12.8 Å². The van der Waals surface area contributed by atoms with Gasteiger partial charge in [0.1, 0.15) is 0 Å². The molecule has 6 nitrogen and oxygen atoms in total. The summed E-state index contributed by atoms with van der Waals surface area (Å²) in [6, 6.07) is 7.33. The Morgan fingerprint density at radius 2 is 2.29 bits per heavy atom. The van der Waals surface area contributed by atoms with E-state index in [1.54, 1.807) is 13.0 Å². The van der Waals surface area contributed by atoms with Crippen LogP contribution in [0.1, 0.15) is 22.6 Å². The Morgan fingerprint density at radius 3 is 2.95 bits per heavy atom. The first-order valence-corrected chi connectivity index (χ1v) is 7.08. The number of carbonyl (C=O) groups is 1. The second-order valence-electron chi connectivity index (χ2n) is 5.33. The predicted octanol–water partition coefficient (Wildman–Crippen LogP) is 1.47. The highest BCUT2D eigenvalue weighted by atomic mass is 16.5. The minimum absolute atomic E-state index is 0.00240. The first-order chi connectivity index (χ1) is 10.2. The highest BCUT2D eigenvalue weighted by Crippen LogP contribution is 2.25. The van der Waals surface area contributed by atoms with Gasteiger partial charge in [0.2, 0.25) is 0 Å². The molecule has 21 heavy (non-hydrogen) atoms. The molecule has 2 aromatic rings. The number of benzene rings is 1. The average Bonchev–Trinajstić information content (AvgIpc) is 3.15. The van der Waals surface area contributed by atoms with Crippen molar-refractivity contribution in [1.29, 1.82) is 0 Å². The number of hydrogen-bond donors (Lipinski definition) is 1. The normalized spacial score (nSPS) is 18.2. The second-order valence-corrected chi connectivity index (χ2v) is 5.33. The Bertz CT molecular complexity index is 653. The van der Waals surface area contributed by atoms with Gasteiger partial charge in [-0.3, -0.25) is 4.79 Å². The van der Waals surface area contributed by atoms with Crippen LogP contribution in [0.5, 0.6) is 0 Å². The maximum absolute atomic E-state index is 12.7. The number of nitrogens with two attached hydrogens (primary N) is 1. The van der Waals surface area contributed by atoms with Gasteiger partial charge >= 0.3 is 0 Å². The highest BCUT2D eigenvalue weighted by Gasteiger charge is 2.28. The fourth-order valence-electron chi connectivity index (χ4n) is 2.64. The molecule has 3 rings (SSSR count). The van der Waals surface area contributed by atoms with Crippen molar-refractivity contribution in [2.45, 2.75) is 13.3 Å². The van der Waals surface area contributed by atoms with Gasteiger partial charge in [-0.05, 0) is 37.9 Å². The van der Waals surface area contributed by atoms with Crippen molar-refractivity contribution >= 4 is 5.91 Å². The molecule has 1 saturated heterocycles. The molecule has 6 heteroatoms. The third kappa shape index (κ3) is 2.67.